The molecule has 5 aromatic carbocycles. The zero-order valence-electron chi connectivity index (χ0n) is 55.2. The number of benzene rings is 5. The maximum atomic E-state index is 13.6. The fourth-order valence-electron chi connectivity index (χ4n) is 11.1. The van der Waals surface area contributed by atoms with E-state index >= 15 is 0 Å². The molecule has 0 spiro atoms. The van der Waals surface area contributed by atoms with Crippen LogP contribution in [0, 0.1) is 0 Å². The molecule has 0 radical (unpaired) electrons. The van der Waals surface area contributed by atoms with Crippen LogP contribution in [0.15, 0.2) is 101 Å². The predicted octanol–water partition coefficient (Wildman–Crippen LogP) is 10.9. The van der Waals surface area contributed by atoms with Crippen LogP contribution in [0.1, 0.15) is 128 Å². The number of halogens is 4. The number of amides is 1. The molecule has 2 aliphatic heterocycles. The highest BCUT2D eigenvalue weighted by Gasteiger charge is 2.30. The van der Waals surface area contributed by atoms with Gasteiger partial charge in [-0.1, -0.05) is 84.0 Å². The largest absolute Gasteiger partial charge is 0.379 e. The molecular weight excluding hydrogens is 1360 g/mol. The van der Waals surface area contributed by atoms with Gasteiger partial charge in [0.2, 0.25) is 10.0 Å². The number of ketones is 2. The maximum Gasteiger partial charge on any atom is 0.251 e. The molecule has 0 saturated heterocycles. The smallest absolute Gasteiger partial charge is 0.251 e. The molecule has 2 aliphatic rings. The number of rotatable bonds is 47. The molecule has 5 aromatic rings. The summed E-state index contributed by atoms with van der Waals surface area (Å²) in [4.78, 5) is 45.3. The van der Waals surface area contributed by atoms with Crippen molar-refractivity contribution in [3.63, 3.8) is 0 Å². The normalized spacial score (nSPS) is 15.2. The van der Waals surface area contributed by atoms with Crippen LogP contribution in [0.4, 0.5) is 0 Å². The molecule has 2 unspecified atom stereocenters. The van der Waals surface area contributed by atoms with Crippen LogP contribution >= 0.6 is 46.4 Å². The molecular formula is C70H92Cl4N4O16S2. The van der Waals surface area contributed by atoms with E-state index in [1.165, 1.54) is 18.2 Å². The van der Waals surface area contributed by atoms with Gasteiger partial charge in [0.05, 0.1) is 108 Å². The summed E-state index contributed by atoms with van der Waals surface area (Å²) in [6, 6.07) is 25.8. The minimum Gasteiger partial charge on any atom is -0.379 e. The third-order valence-corrected chi connectivity index (χ3v) is 20.4. The Bertz CT molecular complexity index is 3310. The monoisotopic (exact) mass is 1450 g/mol. The zero-order chi connectivity index (χ0) is 68.7. The number of carbonyl (C=O) groups is 3. The third kappa shape index (κ3) is 26.2. The Kier molecular flexibility index (Phi) is 34.4. The van der Waals surface area contributed by atoms with Crippen LogP contribution in [-0.4, -0.2) is 209 Å². The molecule has 2 heterocycles. The Labute approximate surface area is 586 Å². The van der Waals surface area contributed by atoms with Gasteiger partial charge in [-0.25, -0.2) is 21.6 Å². The fourth-order valence-corrected chi connectivity index (χ4v) is 14.7. The molecule has 0 fully saturated rings. The van der Waals surface area contributed by atoms with E-state index in [-0.39, 0.29) is 161 Å². The van der Waals surface area contributed by atoms with Crippen molar-refractivity contribution in [3.8, 4) is 0 Å². The van der Waals surface area contributed by atoms with Gasteiger partial charge in [-0.3, -0.25) is 14.4 Å². The summed E-state index contributed by atoms with van der Waals surface area (Å²) in [6.07, 6.45) is 3.45. The molecule has 1 amide bonds. The Morgan fingerprint density at radius 2 is 0.865 bits per heavy atom. The number of nitrogens with zero attached hydrogens (tertiary/aromatic N) is 2. The van der Waals surface area contributed by atoms with Crippen molar-refractivity contribution in [1.29, 1.82) is 0 Å². The van der Waals surface area contributed by atoms with Crippen molar-refractivity contribution in [2.75, 3.05) is 165 Å². The lowest BCUT2D eigenvalue weighted by molar-refractivity contribution is 0.0135. The van der Waals surface area contributed by atoms with Crippen LogP contribution in [0.25, 0.3) is 0 Å². The molecule has 96 heavy (non-hydrogen) atoms. The molecule has 2 N–H and O–H groups in total. The maximum absolute atomic E-state index is 13.6. The van der Waals surface area contributed by atoms with Gasteiger partial charge in [0.15, 0.2) is 21.4 Å². The summed E-state index contributed by atoms with van der Waals surface area (Å²) in [5.74, 6) is -1.24. The van der Waals surface area contributed by atoms with Gasteiger partial charge in [-0.05, 0) is 140 Å². The van der Waals surface area contributed by atoms with Gasteiger partial charge in [-0.2, -0.15) is 0 Å². The highest BCUT2D eigenvalue weighted by molar-refractivity contribution is 7.91. The number of carbonyl (C=O) groups excluding carboxylic acids is 3. The number of unbranched alkanes of at least 4 members (excludes halogenated alkanes) is 1. The van der Waals surface area contributed by atoms with E-state index in [0.717, 1.165) is 46.2 Å². The molecule has 0 aromatic heterocycles. The lowest BCUT2D eigenvalue weighted by atomic mass is 9.85. The van der Waals surface area contributed by atoms with Crippen molar-refractivity contribution < 1.29 is 73.9 Å². The van der Waals surface area contributed by atoms with Crippen molar-refractivity contribution in [3.05, 3.63) is 161 Å². The van der Waals surface area contributed by atoms with Crippen molar-refractivity contribution in [2.45, 2.75) is 86.6 Å². The minimum absolute atomic E-state index is 0.0576. The molecule has 2 atom stereocenters. The first-order valence-electron chi connectivity index (χ1n) is 32.8. The van der Waals surface area contributed by atoms with E-state index in [0.29, 0.717) is 105 Å². The summed E-state index contributed by atoms with van der Waals surface area (Å²) in [5, 5.41) is 5.06. The number of hydrogen-bond donors (Lipinski definition) is 2. The molecule has 0 aliphatic carbocycles. The fraction of sp³-hybridized carbons (Fsp3) is 0.529. The SMILES string of the molecule is CCCCOCCOCCOCCCC(=O)c1cc(C(=O)CCCOCCOCCOCCCS(=O)(=O)c2cccc(C3CN(C)Cc4c(Cl)cc(Cl)cc43)c2)cc(C(=O)NCCOCCOCCOCCNS(=O)(=O)c2cccc(C3CN(C)Cc4c(Cl)cc(Cl)cc43)c2)c1. The highest BCUT2D eigenvalue weighted by atomic mass is 35.5. The Morgan fingerprint density at radius 1 is 0.469 bits per heavy atom. The second-order valence-electron chi connectivity index (χ2n) is 23.6. The number of Topliss-reactive ketones (excluding diaryl/α,β-unsaturated/α-hetero) is 2. The van der Waals surface area contributed by atoms with Crippen LogP contribution in [0.5, 0.6) is 0 Å². The molecule has 20 nitrogen and oxygen atoms in total. The van der Waals surface area contributed by atoms with Crippen molar-refractivity contribution in [2.24, 2.45) is 0 Å². The van der Waals surface area contributed by atoms with Gasteiger partial charge < -0.3 is 57.7 Å². The standard InChI is InChI=1S/C70H92Cl4N4O16S2/c1-4-5-19-86-25-31-92-32-26-87-20-8-15-68(79)53-38-54(69(80)16-9-21-88-27-33-93-34-28-89-22-10-37-95(82,83)58-13-6-11-51(41-58)62-47-77(2)49-64-60(62)43-56(71)45-66(64)73)40-55(39-53)70(81)75-17-23-90-29-35-94-36-30-91-24-18-76-96(84,85)59-14-7-12-52(42-59)63-48-78(3)50-65-61(63)44-57(72)46-67(65)74/h6-7,11-14,38-46,62-63,76H,4-5,8-10,15-37,47-50H2,1-3H3,(H,75,81). The number of likely N-dealkylation sites (N-methyl/N-ethyl adjacent to an activating group) is 2. The topological polar surface area (TPSA) is 233 Å². The molecule has 0 bridgehead atoms. The summed E-state index contributed by atoms with van der Waals surface area (Å²) >= 11 is 25.9. The van der Waals surface area contributed by atoms with Gasteiger partial charge in [0.1, 0.15) is 0 Å². The lowest BCUT2D eigenvalue weighted by Gasteiger charge is -2.33. The van der Waals surface area contributed by atoms with E-state index < -0.39 is 25.8 Å². The Balaban J connectivity index is 0.757. The first-order chi connectivity index (χ1) is 46.3. The van der Waals surface area contributed by atoms with Crippen LogP contribution in [-0.2, 0) is 75.6 Å². The van der Waals surface area contributed by atoms with Gasteiger partial charge in [0.25, 0.3) is 5.91 Å². The van der Waals surface area contributed by atoms with E-state index in [4.69, 9.17) is 89.0 Å². The van der Waals surface area contributed by atoms with E-state index in [2.05, 4.69) is 26.8 Å². The van der Waals surface area contributed by atoms with E-state index in [1.54, 1.807) is 48.5 Å². The molecule has 26 heteroatoms. The van der Waals surface area contributed by atoms with Crippen molar-refractivity contribution >= 4 is 83.7 Å². The minimum atomic E-state index is -3.83. The third-order valence-electron chi connectivity index (χ3n) is 16.0. The highest BCUT2D eigenvalue weighted by Crippen LogP contribution is 2.41. The van der Waals surface area contributed by atoms with Gasteiger partial charge in [0, 0.05) is 127 Å². The number of fused-ring (bicyclic) bond motifs is 2. The quantitative estimate of drug-likeness (QED) is 0.0272. The van der Waals surface area contributed by atoms with Crippen LogP contribution in [0.2, 0.25) is 20.1 Å². The van der Waals surface area contributed by atoms with Gasteiger partial charge >= 0.3 is 0 Å². The Morgan fingerprint density at radius 3 is 1.33 bits per heavy atom. The van der Waals surface area contributed by atoms with Crippen LogP contribution in [0.3, 0.4) is 0 Å². The average Bonchev–Trinajstić information content (AvgIpc) is 0.783. The number of nitrogens with one attached hydrogen (secondary N) is 2. The first-order valence-corrected chi connectivity index (χ1v) is 37.4. The van der Waals surface area contributed by atoms with E-state index in [1.807, 2.05) is 38.4 Å². The second-order valence-corrected chi connectivity index (χ2v) is 29.2. The number of sulfone groups is 1. The summed E-state index contributed by atoms with van der Waals surface area (Å²) in [5.41, 5.74) is 6.31. The molecule has 528 valence electrons. The Hall–Kier alpha value is -4.51. The number of hydrogen-bond acceptors (Lipinski definition) is 18. The molecule has 7 rings (SSSR count). The number of sulfonamides is 1. The first kappa shape index (κ1) is 78.8. The molecule has 0 saturated carbocycles. The number of ether oxygens (including phenoxy) is 9. The summed E-state index contributed by atoms with van der Waals surface area (Å²) in [7, 11) is -3.41. The second kappa shape index (κ2) is 41.9. The lowest BCUT2D eigenvalue weighted by Crippen LogP contribution is -2.31. The van der Waals surface area contributed by atoms with E-state index in [9.17, 15) is 31.2 Å². The zero-order valence-corrected chi connectivity index (χ0v) is 59.9. The average molecular weight is 1450 g/mol. The van der Waals surface area contributed by atoms with Gasteiger partial charge in [-0.15, -0.1) is 0 Å². The van der Waals surface area contributed by atoms with Crippen LogP contribution < -0.4 is 10.0 Å². The summed E-state index contributed by atoms with van der Waals surface area (Å²) in [6.45, 7) is 10.7. The summed E-state index contributed by atoms with van der Waals surface area (Å²) < 4.78 is 107. The predicted molar refractivity (Wildman–Crippen MR) is 372 cm³/mol. The van der Waals surface area contributed by atoms with Crippen molar-refractivity contribution in [1.82, 2.24) is 19.8 Å².